The van der Waals surface area contributed by atoms with E-state index >= 15 is 0 Å². The van der Waals surface area contributed by atoms with Crippen molar-refractivity contribution in [3.63, 3.8) is 0 Å². The summed E-state index contributed by atoms with van der Waals surface area (Å²) in [5, 5.41) is 10.1. The SMILES string of the molecule is C=C[C@H](O)[C@@H](Br)C(=O)N1C(=S)O[C@@H]2C[C@H]3CC[C@@]21C3(C)C. The monoisotopic (exact) mass is 373 g/mol. The summed E-state index contributed by atoms with van der Waals surface area (Å²) in [7, 11) is 0. The quantitative estimate of drug-likeness (QED) is 0.468. The molecule has 2 bridgehead atoms. The maximum Gasteiger partial charge on any atom is 0.267 e. The topological polar surface area (TPSA) is 49.8 Å². The van der Waals surface area contributed by atoms with Crippen molar-refractivity contribution in [1.82, 2.24) is 4.90 Å². The van der Waals surface area contributed by atoms with Crippen LogP contribution in [0, 0.1) is 11.3 Å². The van der Waals surface area contributed by atoms with Gasteiger partial charge in [-0.3, -0.25) is 9.69 Å². The van der Waals surface area contributed by atoms with Crippen molar-refractivity contribution in [2.24, 2.45) is 11.3 Å². The molecule has 0 aromatic rings. The smallest absolute Gasteiger partial charge is 0.267 e. The molecular formula is C15H20BrNO3S. The fourth-order valence-electron chi connectivity index (χ4n) is 4.57. The molecule has 4 nitrogen and oxygen atoms in total. The standard InChI is InChI=1S/C15H20BrNO3S/c1-4-9(18)11(16)12(19)17-13(21)20-10-7-8-5-6-15(10,17)14(8,2)3/h4,8-11,18H,1,5-7H2,2-3H3/t8-,9+,10-,11-,15+/m1/s1. The lowest BCUT2D eigenvalue weighted by molar-refractivity contribution is -0.134. The maximum absolute atomic E-state index is 12.9. The van der Waals surface area contributed by atoms with E-state index in [1.54, 1.807) is 4.90 Å². The Morgan fingerprint density at radius 2 is 2.33 bits per heavy atom. The van der Waals surface area contributed by atoms with E-state index in [1.807, 2.05) is 0 Å². The van der Waals surface area contributed by atoms with Gasteiger partial charge in [-0.1, -0.05) is 35.9 Å². The van der Waals surface area contributed by atoms with Gasteiger partial charge in [-0.2, -0.15) is 0 Å². The van der Waals surface area contributed by atoms with Gasteiger partial charge in [0.1, 0.15) is 10.9 Å². The molecule has 6 heteroatoms. The molecule has 2 saturated carbocycles. The van der Waals surface area contributed by atoms with Crippen molar-refractivity contribution >= 4 is 39.2 Å². The number of carbonyl (C=O) groups excluding carboxylic acids is 1. The lowest BCUT2D eigenvalue weighted by atomic mass is 9.74. The van der Waals surface area contributed by atoms with Crippen LogP contribution < -0.4 is 0 Å². The number of amides is 1. The van der Waals surface area contributed by atoms with Crippen LogP contribution in [0.3, 0.4) is 0 Å². The molecule has 5 atom stereocenters. The number of rotatable bonds is 3. The molecule has 1 N–H and O–H groups in total. The Hall–Kier alpha value is -0.460. The molecular weight excluding hydrogens is 354 g/mol. The van der Waals surface area contributed by atoms with Gasteiger partial charge in [0.05, 0.1) is 11.6 Å². The van der Waals surface area contributed by atoms with Crippen molar-refractivity contribution in [2.75, 3.05) is 0 Å². The molecule has 21 heavy (non-hydrogen) atoms. The number of hydrogen-bond donors (Lipinski definition) is 1. The average Bonchev–Trinajstić information content (AvgIpc) is 2.96. The van der Waals surface area contributed by atoms with E-state index in [2.05, 4.69) is 36.4 Å². The highest BCUT2D eigenvalue weighted by Crippen LogP contribution is 2.66. The number of thiocarbonyl (C=S) groups is 1. The van der Waals surface area contributed by atoms with Gasteiger partial charge in [0.25, 0.3) is 5.17 Å². The highest BCUT2D eigenvalue weighted by atomic mass is 79.9. The van der Waals surface area contributed by atoms with Gasteiger partial charge in [0.2, 0.25) is 5.91 Å². The van der Waals surface area contributed by atoms with E-state index in [9.17, 15) is 9.90 Å². The summed E-state index contributed by atoms with van der Waals surface area (Å²) >= 11 is 8.61. The zero-order valence-corrected chi connectivity index (χ0v) is 14.6. The van der Waals surface area contributed by atoms with Crippen LogP contribution >= 0.6 is 28.1 Å². The number of hydrogen-bond acceptors (Lipinski definition) is 4. The Morgan fingerprint density at radius 3 is 2.90 bits per heavy atom. The number of nitrogens with zero attached hydrogens (tertiary/aromatic N) is 1. The second kappa shape index (κ2) is 4.77. The minimum atomic E-state index is -0.947. The second-order valence-electron chi connectivity index (χ2n) is 6.79. The van der Waals surface area contributed by atoms with E-state index in [0.717, 1.165) is 19.3 Å². The van der Waals surface area contributed by atoms with E-state index in [4.69, 9.17) is 17.0 Å². The van der Waals surface area contributed by atoms with Crippen molar-refractivity contribution < 1.29 is 14.6 Å². The third kappa shape index (κ3) is 1.75. The van der Waals surface area contributed by atoms with Crippen molar-refractivity contribution in [3.05, 3.63) is 12.7 Å². The summed E-state index contributed by atoms with van der Waals surface area (Å²) in [6.07, 6.45) is 3.35. The third-order valence-electron chi connectivity index (χ3n) is 5.86. The Labute approximate surface area is 138 Å². The summed E-state index contributed by atoms with van der Waals surface area (Å²) in [5.74, 6) is 0.324. The second-order valence-corrected chi connectivity index (χ2v) is 8.13. The highest BCUT2D eigenvalue weighted by Gasteiger charge is 2.73. The minimum absolute atomic E-state index is 0.0109. The van der Waals surface area contributed by atoms with Gasteiger partial charge in [-0.15, -0.1) is 6.58 Å². The summed E-state index contributed by atoms with van der Waals surface area (Å²) in [4.78, 5) is 13.8. The molecule has 3 rings (SSSR count). The Kier molecular flexibility index (Phi) is 3.50. The van der Waals surface area contributed by atoms with Crippen LogP contribution in [0.5, 0.6) is 0 Å². The molecule has 116 valence electrons. The number of halogens is 1. The molecule has 1 spiro atoms. The van der Waals surface area contributed by atoms with E-state index in [1.165, 1.54) is 6.08 Å². The number of ether oxygens (including phenoxy) is 1. The first-order valence-corrected chi connectivity index (χ1v) is 8.59. The lowest BCUT2D eigenvalue weighted by Crippen LogP contribution is -2.59. The number of carbonyl (C=O) groups is 1. The lowest BCUT2D eigenvalue weighted by Gasteiger charge is -2.42. The van der Waals surface area contributed by atoms with E-state index < -0.39 is 10.9 Å². The Morgan fingerprint density at radius 1 is 1.67 bits per heavy atom. The van der Waals surface area contributed by atoms with Crippen molar-refractivity contribution in [1.29, 1.82) is 0 Å². The molecule has 1 heterocycles. The summed E-state index contributed by atoms with van der Waals surface area (Å²) in [5.41, 5.74) is -0.390. The summed E-state index contributed by atoms with van der Waals surface area (Å²) in [6.45, 7) is 7.94. The fraction of sp³-hybridized carbons (Fsp3) is 0.733. The van der Waals surface area contributed by atoms with Gasteiger partial charge in [-0.05, 0) is 42.8 Å². The van der Waals surface area contributed by atoms with Crippen LogP contribution in [0.25, 0.3) is 0 Å². The van der Waals surface area contributed by atoms with Crippen LogP contribution in [-0.4, -0.2) is 43.7 Å². The molecule has 1 saturated heterocycles. The van der Waals surface area contributed by atoms with Crippen LogP contribution in [0.1, 0.15) is 33.1 Å². The van der Waals surface area contributed by atoms with Gasteiger partial charge in [0, 0.05) is 0 Å². The predicted molar refractivity (Wildman–Crippen MR) is 87.1 cm³/mol. The molecule has 1 amide bonds. The Bertz CT molecular complexity index is 523. The zero-order valence-electron chi connectivity index (χ0n) is 12.2. The number of fused-ring (bicyclic) bond motifs is 1. The van der Waals surface area contributed by atoms with Gasteiger partial charge >= 0.3 is 0 Å². The molecule has 1 aliphatic heterocycles. The molecule has 0 aromatic heterocycles. The highest BCUT2D eigenvalue weighted by molar-refractivity contribution is 9.10. The normalized spacial score (nSPS) is 38.9. The maximum atomic E-state index is 12.9. The van der Waals surface area contributed by atoms with E-state index in [0.29, 0.717) is 5.92 Å². The largest absolute Gasteiger partial charge is 0.465 e. The molecule has 0 aromatic carbocycles. The first-order chi connectivity index (χ1) is 9.77. The van der Waals surface area contributed by atoms with Crippen molar-refractivity contribution in [3.8, 4) is 0 Å². The Balaban J connectivity index is 2.00. The first kappa shape index (κ1) is 15.4. The average molecular weight is 374 g/mol. The summed E-state index contributed by atoms with van der Waals surface area (Å²) < 4.78 is 5.85. The van der Waals surface area contributed by atoms with Gasteiger partial charge < -0.3 is 9.84 Å². The molecule has 0 unspecified atom stereocenters. The number of aliphatic hydroxyl groups excluding tert-OH is 1. The van der Waals surface area contributed by atoms with Crippen LogP contribution in [0.2, 0.25) is 0 Å². The van der Waals surface area contributed by atoms with Gasteiger partial charge in [0.15, 0.2) is 0 Å². The van der Waals surface area contributed by atoms with Crippen LogP contribution in [0.4, 0.5) is 0 Å². The number of alkyl halides is 1. The molecule has 3 aliphatic rings. The first-order valence-electron chi connectivity index (χ1n) is 7.26. The molecule has 0 radical (unpaired) electrons. The molecule has 2 aliphatic carbocycles. The van der Waals surface area contributed by atoms with Crippen LogP contribution in [-0.2, 0) is 9.53 Å². The predicted octanol–water partition coefficient (Wildman–Crippen LogP) is 2.39. The minimum Gasteiger partial charge on any atom is -0.465 e. The fourth-order valence-corrected chi connectivity index (χ4v) is 5.36. The van der Waals surface area contributed by atoms with Gasteiger partial charge in [-0.25, -0.2) is 0 Å². The number of aliphatic hydroxyl groups is 1. The summed E-state index contributed by atoms with van der Waals surface area (Å²) in [6, 6.07) is 0. The van der Waals surface area contributed by atoms with Crippen LogP contribution in [0.15, 0.2) is 12.7 Å². The van der Waals surface area contributed by atoms with E-state index in [-0.39, 0.29) is 28.1 Å². The third-order valence-corrected chi connectivity index (χ3v) is 7.08. The zero-order chi connectivity index (χ0) is 15.6. The van der Waals surface area contributed by atoms with Crippen molar-refractivity contribution in [2.45, 2.75) is 55.7 Å². The molecule has 3 fully saturated rings.